The highest BCUT2D eigenvalue weighted by molar-refractivity contribution is 7.99. The number of para-hydroxylation sites is 1. The van der Waals surface area contributed by atoms with Crippen LogP contribution in [0.3, 0.4) is 0 Å². The van der Waals surface area contributed by atoms with Crippen LogP contribution in [0.2, 0.25) is 0 Å². The Morgan fingerprint density at radius 3 is 2.62 bits per heavy atom. The van der Waals surface area contributed by atoms with E-state index in [9.17, 15) is 9.18 Å². The summed E-state index contributed by atoms with van der Waals surface area (Å²) in [5.74, 6) is 0.855. The number of nitrogens with zero attached hydrogens (tertiary/aromatic N) is 4. The molecule has 0 bridgehead atoms. The summed E-state index contributed by atoms with van der Waals surface area (Å²) in [5, 5.41) is 8.85. The first-order valence-electron chi connectivity index (χ1n) is 9.61. The highest BCUT2D eigenvalue weighted by atomic mass is 32.2. The molecular formula is C23H19FN4O3S. The number of ether oxygens (including phenoxy) is 2. The zero-order valence-electron chi connectivity index (χ0n) is 17.4. The highest BCUT2D eigenvalue weighted by Crippen LogP contribution is 2.31. The Labute approximate surface area is 188 Å². The van der Waals surface area contributed by atoms with Crippen molar-refractivity contribution in [2.24, 2.45) is 0 Å². The lowest BCUT2D eigenvalue weighted by Gasteiger charge is -2.12. The van der Waals surface area contributed by atoms with Crippen molar-refractivity contribution >= 4 is 17.5 Å². The Kier molecular flexibility index (Phi) is 6.46. The van der Waals surface area contributed by atoms with Crippen molar-refractivity contribution in [1.82, 2.24) is 19.7 Å². The summed E-state index contributed by atoms with van der Waals surface area (Å²) in [6.45, 7) is 0. The molecule has 4 aromatic rings. The zero-order chi connectivity index (χ0) is 22.5. The average molecular weight is 450 g/mol. The van der Waals surface area contributed by atoms with Crippen LogP contribution in [0.15, 0.2) is 72.1 Å². The van der Waals surface area contributed by atoms with Crippen molar-refractivity contribution in [3.8, 4) is 28.6 Å². The number of ketones is 1. The predicted molar refractivity (Wildman–Crippen MR) is 119 cm³/mol. The SMILES string of the molecule is COc1ccc(OC)c(C(=O)CSc2nnc(-c3cccnc3)n2-c2ccccc2F)c1. The molecule has 2 aromatic carbocycles. The first-order chi connectivity index (χ1) is 15.6. The summed E-state index contributed by atoms with van der Waals surface area (Å²) in [6, 6.07) is 14.9. The molecule has 0 saturated carbocycles. The van der Waals surface area contributed by atoms with Gasteiger partial charge in [0, 0.05) is 18.0 Å². The number of thioether (sulfide) groups is 1. The van der Waals surface area contributed by atoms with Crippen LogP contribution in [0.25, 0.3) is 17.1 Å². The van der Waals surface area contributed by atoms with Crippen LogP contribution in [-0.2, 0) is 0 Å². The number of benzene rings is 2. The van der Waals surface area contributed by atoms with Gasteiger partial charge in [-0.3, -0.25) is 14.3 Å². The third-order valence-corrected chi connectivity index (χ3v) is 5.61. The largest absolute Gasteiger partial charge is 0.497 e. The van der Waals surface area contributed by atoms with Gasteiger partial charge in [0.2, 0.25) is 0 Å². The van der Waals surface area contributed by atoms with Crippen LogP contribution in [0.5, 0.6) is 11.5 Å². The molecule has 0 saturated heterocycles. The number of rotatable bonds is 8. The van der Waals surface area contributed by atoms with Crippen LogP contribution < -0.4 is 9.47 Å². The number of carbonyl (C=O) groups is 1. The fraction of sp³-hybridized carbons (Fsp3) is 0.130. The minimum Gasteiger partial charge on any atom is -0.497 e. The maximum atomic E-state index is 14.7. The van der Waals surface area contributed by atoms with Crippen molar-refractivity contribution in [3.63, 3.8) is 0 Å². The standard InChI is InChI=1S/C23H19FN4O3S/c1-30-16-9-10-21(31-2)17(12-16)20(29)14-32-23-27-26-22(15-6-5-11-25-13-15)28(23)19-8-4-3-7-18(19)24/h3-13H,14H2,1-2H3. The third kappa shape index (κ3) is 4.33. The molecule has 0 aliphatic carbocycles. The number of halogens is 1. The fourth-order valence-corrected chi connectivity index (χ4v) is 3.96. The Balaban J connectivity index is 1.69. The van der Waals surface area contributed by atoms with Crippen LogP contribution in [0, 0.1) is 5.82 Å². The number of hydrogen-bond acceptors (Lipinski definition) is 7. The van der Waals surface area contributed by atoms with E-state index >= 15 is 0 Å². The van der Waals surface area contributed by atoms with Gasteiger partial charge in [-0.1, -0.05) is 23.9 Å². The molecule has 162 valence electrons. The summed E-state index contributed by atoms with van der Waals surface area (Å²) in [7, 11) is 3.03. The van der Waals surface area contributed by atoms with Gasteiger partial charge in [0.1, 0.15) is 17.3 Å². The summed E-state index contributed by atoms with van der Waals surface area (Å²) in [5.41, 5.74) is 1.35. The molecule has 2 aromatic heterocycles. The van der Waals surface area contributed by atoms with E-state index in [4.69, 9.17) is 9.47 Å². The van der Waals surface area contributed by atoms with Crippen molar-refractivity contribution in [3.05, 3.63) is 78.4 Å². The molecule has 0 amide bonds. The van der Waals surface area contributed by atoms with Crippen molar-refractivity contribution in [2.75, 3.05) is 20.0 Å². The third-order valence-electron chi connectivity index (χ3n) is 4.69. The van der Waals surface area contributed by atoms with Gasteiger partial charge in [0.15, 0.2) is 16.8 Å². The molecule has 0 atom stereocenters. The molecule has 0 aliphatic heterocycles. The molecule has 0 spiro atoms. The molecule has 32 heavy (non-hydrogen) atoms. The van der Waals surface area contributed by atoms with Crippen LogP contribution in [0.1, 0.15) is 10.4 Å². The second kappa shape index (κ2) is 9.61. The maximum Gasteiger partial charge on any atom is 0.196 e. The average Bonchev–Trinajstić information content (AvgIpc) is 3.26. The minimum atomic E-state index is -0.430. The van der Waals surface area contributed by atoms with E-state index in [0.717, 1.165) is 11.8 Å². The Morgan fingerprint density at radius 1 is 1.06 bits per heavy atom. The van der Waals surface area contributed by atoms with Gasteiger partial charge < -0.3 is 9.47 Å². The predicted octanol–water partition coefficient (Wildman–Crippen LogP) is 4.46. The smallest absolute Gasteiger partial charge is 0.196 e. The lowest BCUT2D eigenvalue weighted by Crippen LogP contribution is -2.07. The summed E-state index contributed by atoms with van der Waals surface area (Å²) in [4.78, 5) is 17.1. The van der Waals surface area contributed by atoms with Gasteiger partial charge in [-0.05, 0) is 42.5 Å². The molecule has 2 heterocycles. The highest BCUT2D eigenvalue weighted by Gasteiger charge is 2.21. The van der Waals surface area contributed by atoms with E-state index in [-0.39, 0.29) is 17.2 Å². The van der Waals surface area contributed by atoms with E-state index in [1.807, 2.05) is 6.07 Å². The molecule has 0 N–H and O–H groups in total. The van der Waals surface area contributed by atoms with Gasteiger partial charge >= 0.3 is 0 Å². The van der Waals surface area contributed by atoms with E-state index in [1.165, 1.54) is 20.3 Å². The van der Waals surface area contributed by atoms with Crippen molar-refractivity contribution < 1.29 is 18.7 Å². The summed E-state index contributed by atoms with van der Waals surface area (Å²) < 4.78 is 26.8. The van der Waals surface area contributed by atoms with Gasteiger partial charge in [-0.25, -0.2) is 4.39 Å². The van der Waals surface area contributed by atoms with Gasteiger partial charge in [0.05, 0.1) is 31.2 Å². The van der Waals surface area contributed by atoms with Crippen LogP contribution in [-0.4, -0.2) is 45.5 Å². The first kappa shape index (κ1) is 21.5. The molecule has 0 unspecified atom stereocenters. The molecule has 0 fully saturated rings. The molecular weight excluding hydrogens is 431 g/mol. The Hall–Kier alpha value is -3.72. The van der Waals surface area contributed by atoms with E-state index in [0.29, 0.717) is 33.6 Å². The van der Waals surface area contributed by atoms with Gasteiger partial charge in [-0.15, -0.1) is 10.2 Å². The number of carbonyl (C=O) groups excluding carboxylic acids is 1. The number of hydrogen-bond donors (Lipinski definition) is 0. The number of methoxy groups -OCH3 is 2. The van der Waals surface area contributed by atoms with Crippen molar-refractivity contribution in [1.29, 1.82) is 0 Å². The molecule has 9 heteroatoms. The molecule has 0 radical (unpaired) electrons. The van der Waals surface area contributed by atoms with Crippen LogP contribution >= 0.6 is 11.8 Å². The van der Waals surface area contributed by atoms with Crippen molar-refractivity contribution in [2.45, 2.75) is 5.16 Å². The van der Waals surface area contributed by atoms with Gasteiger partial charge in [0.25, 0.3) is 0 Å². The van der Waals surface area contributed by atoms with Gasteiger partial charge in [-0.2, -0.15) is 0 Å². The second-order valence-electron chi connectivity index (χ2n) is 6.61. The lowest BCUT2D eigenvalue weighted by atomic mass is 10.1. The van der Waals surface area contributed by atoms with Crippen LogP contribution in [0.4, 0.5) is 4.39 Å². The minimum absolute atomic E-state index is 0.0448. The topological polar surface area (TPSA) is 79.1 Å². The van der Waals surface area contributed by atoms with E-state index in [2.05, 4.69) is 15.2 Å². The zero-order valence-corrected chi connectivity index (χ0v) is 18.2. The Morgan fingerprint density at radius 2 is 1.91 bits per heavy atom. The monoisotopic (exact) mass is 450 g/mol. The lowest BCUT2D eigenvalue weighted by molar-refractivity contribution is 0.101. The maximum absolute atomic E-state index is 14.7. The first-order valence-corrected chi connectivity index (χ1v) is 10.6. The van der Waals surface area contributed by atoms with E-state index in [1.54, 1.807) is 59.4 Å². The summed E-state index contributed by atoms with van der Waals surface area (Å²) >= 11 is 1.16. The number of aromatic nitrogens is 4. The molecule has 0 aliphatic rings. The normalized spacial score (nSPS) is 10.7. The fourth-order valence-electron chi connectivity index (χ4n) is 3.14. The second-order valence-corrected chi connectivity index (χ2v) is 7.56. The molecule has 7 nitrogen and oxygen atoms in total. The number of pyridine rings is 1. The Bertz CT molecular complexity index is 1250. The molecule has 4 rings (SSSR count). The van der Waals surface area contributed by atoms with E-state index < -0.39 is 5.82 Å². The number of Topliss-reactive ketones (excluding diaryl/α,β-unsaturated/α-hetero) is 1. The summed E-state index contributed by atoms with van der Waals surface area (Å²) in [6.07, 6.45) is 3.27. The quantitative estimate of drug-likeness (QED) is 0.290.